The molecule has 0 radical (unpaired) electrons. The molecule has 0 aromatic heterocycles. The van der Waals surface area contributed by atoms with Crippen LogP contribution in [0.3, 0.4) is 0 Å². The molecule has 2 N–H and O–H groups in total. The maximum atomic E-state index is 11.7. The first kappa shape index (κ1) is 15.7. The molecule has 0 atom stereocenters. The zero-order chi connectivity index (χ0) is 15.0. The molecule has 0 fully saturated rings. The molecule has 0 aliphatic carbocycles. The lowest BCUT2D eigenvalue weighted by Gasteiger charge is -2.06. The second-order valence-corrected chi connectivity index (χ2v) is 4.48. The third-order valence-corrected chi connectivity index (χ3v) is 2.79. The smallest absolute Gasteiger partial charge is 0.303 e. The van der Waals surface area contributed by atoms with Crippen LogP contribution in [0.2, 0.25) is 0 Å². The molecule has 4 nitrogen and oxygen atoms in total. The second kappa shape index (κ2) is 7.94. The van der Waals surface area contributed by atoms with Gasteiger partial charge >= 0.3 is 5.97 Å². The number of hydrogen-bond acceptors (Lipinski definition) is 2. The number of aliphatic carboxylic acids is 1. The van der Waals surface area contributed by atoms with Gasteiger partial charge in [-0.25, -0.2) is 0 Å². The van der Waals surface area contributed by atoms with Crippen molar-refractivity contribution in [2.24, 2.45) is 0 Å². The van der Waals surface area contributed by atoms with Gasteiger partial charge < -0.3 is 10.4 Å². The van der Waals surface area contributed by atoms with Crippen LogP contribution in [0.25, 0.3) is 0 Å². The summed E-state index contributed by atoms with van der Waals surface area (Å²) in [4.78, 5) is 22.2. The minimum Gasteiger partial charge on any atom is -0.481 e. The molecule has 0 heterocycles. The predicted octanol–water partition coefficient (Wildman–Crippen LogP) is 3.16. The number of carboxylic acid groups (broad SMARTS) is 1. The van der Waals surface area contributed by atoms with Gasteiger partial charge in [-0.15, -0.1) is 0 Å². The minimum absolute atomic E-state index is 0.163. The van der Waals surface area contributed by atoms with Gasteiger partial charge in [-0.05, 0) is 37.5 Å². The highest BCUT2D eigenvalue weighted by atomic mass is 16.4. The van der Waals surface area contributed by atoms with Crippen molar-refractivity contribution in [2.45, 2.75) is 26.2 Å². The average molecular weight is 273 g/mol. The van der Waals surface area contributed by atoms with E-state index in [1.165, 1.54) is 0 Å². The van der Waals surface area contributed by atoms with Crippen LogP contribution in [0, 0.1) is 0 Å². The largest absolute Gasteiger partial charge is 0.481 e. The Morgan fingerprint density at radius 2 is 1.95 bits per heavy atom. The van der Waals surface area contributed by atoms with Crippen LogP contribution < -0.4 is 5.32 Å². The molecular formula is C16H19NO3. The van der Waals surface area contributed by atoms with Gasteiger partial charge in [0.15, 0.2) is 0 Å². The molecule has 0 spiro atoms. The highest BCUT2D eigenvalue weighted by molar-refractivity contribution is 6.03. The predicted molar refractivity (Wildman–Crippen MR) is 79.6 cm³/mol. The summed E-state index contributed by atoms with van der Waals surface area (Å²) < 4.78 is 0. The number of allylic oxidation sites excluding steroid dienone is 2. The van der Waals surface area contributed by atoms with Crippen molar-refractivity contribution >= 4 is 17.6 Å². The van der Waals surface area contributed by atoms with Crippen molar-refractivity contribution < 1.29 is 14.7 Å². The van der Waals surface area contributed by atoms with Crippen molar-refractivity contribution in [3.63, 3.8) is 0 Å². The first-order valence-corrected chi connectivity index (χ1v) is 6.44. The topological polar surface area (TPSA) is 66.4 Å². The summed E-state index contributed by atoms with van der Waals surface area (Å²) in [5.41, 5.74) is 2.36. The van der Waals surface area contributed by atoms with Crippen LogP contribution in [-0.4, -0.2) is 17.0 Å². The number of carbonyl (C=O) groups is 2. The van der Waals surface area contributed by atoms with Gasteiger partial charge in [0, 0.05) is 17.7 Å². The van der Waals surface area contributed by atoms with Crippen molar-refractivity contribution in [2.75, 3.05) is 5.32 Å². The molecule has 0 aliphatic heterocycles. The van der Waals surface area contributed by atoms with E-state index in [1.807, 2.05) is 24.3 Å². The number of aryl methyl sites for hydroxylation is 1. The Morgan fingerprint density at radius 3 is 2.50 bits per heavy atom. The monoisotopic (exact) mass is 273 g/mol. The Labute approximate surface area is 118 Å². The van der Waals surface area contributed by atoms with Crippen LogP contribution in [-0.2, 0) is 16.0 Å². The molecule has 0 aliphatic rings. The first-order valence-electron chi connectivity index (χ1n) is 6.44. The number of amides is 1. The third-order valence-electron chi connectivity index (χ3n) is 2.79. The number of nitrogens with one attached hydrogen (secondary N) is 1. The Morgan fingerprint density at radius 1 is 1.30 bits per heavy atom. The molecular weight excluding hydrogens is 254 g/mol. The zero-order valence-electron chi connectivity index (χ0n) is 11.6. The average Bonchev–Trinajstić information content (AvgIpc) is 2.40. The fraction of sp³-hybridized carbons (Fsp3) is 0.250. The summed E-state index contributed by atoms with van der Waals surface area (Å²) in [6, 6.07) is 7.42. The van der Waals surface area contributed by atoms with Crippen molar-refractivity contribution in [3.05, 3.63) is 54.1 Å². The number of carboxylic acids is 1. The van der Waals surface area contributed by atoms with Crippen LogP contribution >= 0.6 is 0 Å². The van der Waals surface area contributed by atoms with Crippen LogP contribution in [0.5, 0.6) is 0 Å². The van der Waals surface area contributed by atoms with Gasteiger partial charge in [0.05, 0.1) is 0 Å². The quantitative estimate of drug-likeness (QED) is 0.592. The number of benzene rings is 1. The molecule has 0 saturated carbocycles. The molecule has 0 bridgehead atoms. The van der Waals surface area contributed by atoms with Crippen molar-refractivity contribution in [1.82, 2.24) is 0 Å². The summed E-state index contributed by atoms with van der Waals surface area (Å²) in [6.07, 6.45) is 4.72. The summed E-state index contributed by atoms with van der Waals surface area (Å²) in [7, 11) is 0. The Bertz CT molecular complexity index is 515. The maximum absolute atomic E-state index is 11.7. The Kier molecular flexibility index (Phi) is 6.23. The lowest BCUT2D eigenvalue weighted by molar-refractivity contribution is -0.137. The van der Waals surface area contributed by atoms with E-state index in [9.17, 15) is 9.59 Å². The van der Waals surface area contributed by atoms with E-state index in [-0.39, 0.29) is 12.3 Å². The highest BCUT2D eigenvalue weighted by Crippen LogP contribution is 2.12. The zero-order valence-corrected chi connectivity index (χ0v) is 11.6. The summed E-state index contributed by atoms with van der Waals surface area (Å²) >= 11 is 0. The number of rotatable bonds is 7. The summed E-state index contributed by atoms with van der Waals surface area (Å²) in [5, 5.41) is 11.3. The first-order chi connectivity index (χ1) is 9.52. The van der Waals surface area contributed by atoms with Crippen LogP contribution in [0.1, 0.15) is 25.3 Å². The molecule has 4 heteroatoms. The van der Waals surface area contributed by atoms with Gasteiger partial charge in [0.1, 0.15) is 0 Å². The van der Waals surface area contributed by atoms with Crippen LogP contribution in [0.15, 0.2) is 48.6 Å². The van der Waals surface area contributed by atoms with E-state index in [4.69, 9.17) is 5.11 Å². The van der Waals surface area contributed by atoms with E-state index in [2.05, 4.69) is 11.9 Å². The molecule has 106 valence electrons. The number of carbonyl (C=O) groups excluding carboxylic acids is 1. The molecule has 20 heavy (non-hydrogen) atoms. The molecule has 0 unspecified atom stereocenters. The SMILES string of the molecule is C=C/C=C(\C)C(=O)Nc1ccc(CCCC(=O)O)cc1. The van der Waals surface area contributed by atoms with Gasteiger partial charge in [0.25, 0.3) is 5.91 Å². The van der Waals surface area contributed by atoms with E-state index in [0.29, 0.717) is 17.7 Å². The lowest BCUT2D eigenvalue weighted by atomic mass is 10.1. The van der Waals surface area contributed by atoms with Crippen molar-refractivity contribution in [3.8, 4) is 0 Å². The van der Waals surface area contributed by atoms with Gasteiger partial charge in [-0.2, -0.15) is 0 Å². The molecule has 1 rings (SSSR count). The number of anilines is 1. The Hall–Kier alpha value is -2.36. The van der Waals surface area contributed by atoms with Crippen molar-refractivity contribution in [1.29, 1.82) is 0 Å². The molecule has 1 amide bonds. The van der Waals surface area contributed by atoms with E-state index < -0.39 is 5.97 Å². The highest BCUT2D eigenvalue weighted by Gasteiger charge is 2.04. The second-order valence-electron chi connectivity index (χ2n) is 4.48. The normalized spacial score (nSPS) is 10.9. The maximum Gasteiger partial charge on any atom is 0.303 e. The summed E-state index contributed by atoms with van der Waals surface area (Å²) in [5.74, 6) is -0.943. The van der Waals surface area contributed by atoms with Gasteiger partial charge in [-0.1, -0.05) is 30.9 Å². The van der Waals surface area contributed by atoms with E-state index in [1.54, 1.807) is 19.1 Å². The fourth-order valence-corrected chi connectivity index (χ4v) is 1.68. The molecule has 0 saturated heterocycles. The Balaban J connectivity index is 2.54. The van der Waals surface area contributed by atoms with Gasteiger partial charge in [-0.3, -0.25) is 9.59 Å². The van der Waals surface area contributed by atoms with Crippen LogP contribution in [0.4, 0.5) is 5.69 Å². The van der Waals surface area contributed by atoms with E-state index >= 15 is 0 Å². The third kappa shape index (κ3) is 5.52. The fourth-order valence-electron chi connectivity index (χ4n) is 1.68. The minimum atomic E-state index is -0.779. The molecule has 1 aromatic carbocycles. The number of hydrogen-bond donors (Lipinski definition) is 2. The van der Waals surface area contributed by atoms with E-state index in [0.717, 1.165) is 12.0 Å². The summed E-state index contributed by atoms with van der Waals surface area (Å²) in [6.45, 7) is 5.26. The lowest BCUT2D eigenvalue weighted by Crippen LogP contribution is -2.12. The molecule has 1 aromatic rings. The standard InChI is InChI=1S/C16H19NO3/c1-3-5-12(2)16(20)17-14-10-8-13(9-11-14)6-4-7-15(18)19/h3,5,8-11H,1,4,6-7H2,2H3,(H,17,20)(H,18,19)/b12-5+. The van der Waals surface area contributed by atoms with Gasteiger partial charge in [0.2, 0.25) is 0 Å².